The summed E-state index contributed by atoms with van der Waals surface area (Å²) in [5.41, 5.74) is 0.643. The van der Waals surface area contributed by atoms with Crippen LogP contribution < -0.4 is 9.47 Å². The first-order valence-corrected chi connectivity index (χ1v) is 5.63. The van der Waals surface area contributed by atoms with Gasteiger partial charge in [0.15, 0.2) is 0 Å². The highest BCUT2D eigenvalue weighted by Gasteiger charge is 2.29. The maximum atomic E-state index is 11.4. The fraction of sp³-hybridized carbons (Fsp3) is 0.500. The number of benzene rings is 1. The molecule has 17 heavy (non-hydrogen) atoms. The third kappa shape index (κ3) is 2.99. The van der Waals surface area contributed by atoms with Crippen molar-refractivity contribution in [3.05, 3.63) is 23.8 Å². The van der Waals surface area contributed by atoms with Crippen LogP contribution in [0.15, 0.2) is 18.2 Å². The molecule has 0 amide bonds. The van der Waals surface area contributed by atoms with Crippen molar-refractivity contribution in [2.45, 2.75) is 32.6 Å². The molecular weight excluding hydrogens is 216 g/mol. The van der Waals surface area contributed by atoms with Crippen LogP contribution in [0.5, 0.6) is 11.5 Å². The van der Waals surface area contributed by atoms with Gasteiger partial charge in [-0.25, -0.2) is 0 Å². The molecule has 1 aromatic carbocycles. The molecule has 3 nitrogen and oxygen atoms in total. The molecule has 3 heteroatoms. The fourth-order valence-corrected chi connectivity index (χ4v) is 2.23. The van der Waals surface area contributed by atoms with Crippen LogP contribution in [0.25, 0.3) is 0 Å². The zero-order valence-corrected chi connectivity index (χ0v) is 11.2. The van der Waals surface area contributed by atoms with Crippen molar-refractivity contribution < 1.29 is 14.3 Å². The Morgan fingerprint density at radius 1 is 1.18 bits per heavy atom. The van der Waals surface area contributed by atoms with E-state index in [2.05, 4.69) is 0 Å². The van der Waals surface area contributed by atoms with Crippen molar-refractivity contribution in [3.63, 3.8) is 0 Å². The van der Waals surface area contributed by atoms with E-state index in [9.17, 15) is 4.79 Å². The van der Waals surface area contributed by atoms with Gasteiger partial charge in [-0.05, 0) is 19.1 Å². The predicted molar refractivity (Wildman–Crippen MR) is 67.9 cm³/mol. The molecule has 0 radical (unpaired) electrons. The number of carbonyl (C=O) groups is 1. The zero-order chi connectivity index (χ0) is 13.1. The molecule has 0 saturated carbocycles. The summed E-state index contributed by atoms with van der Waals surface area (Å²) < 4.78 is 10.7. The summed E-state index contributed by atoms with van der Waals surface area (Å²) in [7, 11) is 3.25. The highest BCUT2D eigenvalue weighted by molar-refractivity contribution is 5.77. The third-order valence-corrected chi connectivity index (χ3v) is 2.80. The van der Waals surface area contributed by atoms with E-state index in [0.717, 1.165) is 17.1 Å². The maximum Gasteiger partial charge on any atom is 0.130 e. The van der Waals surface area contributed by atoms with Crippen molar-refractivity contribution in [3.8, 4) is 11.5 Å². The van der Waals surface area contributed by atoms with Gasteiger partial charge in [-0.3, -0.25) is 4.79 Å². The van der Waals surface area contributed by atoms with E-state index in [1.54, 1.807) is 21.1 Å². The van der Waals surface area contributed by atoms with Crippen LogP contribution in [-0.4, -0.2) is 20.0 Å². The minimum Gasteiger partial charge on any atom is -0.496 e. The van der Waals surface area contributed by atoms with E-state index in [1.165, 1.54) is 0 Å². The van der Waals surface area contributed by atoms with Gasteiger partial charge in [0, 0.05) is 17.4 Å². The Balaban J connectivity index is 3.30. The molecule has 0 aliphatic heterocycles. The molecule has 0 fully saturated rings. The molecule has 0 N–H and O–H groups in total. The van der Waals surface area contributed by atoms with Crippen LogP contribution in [0, 0.1) is 0 Å². The summed E-state index contributed by atoms with van der Waals surface area (Å²) in [5.74, 6) is 1.68. The van der Waals surface area contributed by atoms with Crippen molar-refractivity contribution in [2.75, 3.05) is 14.2 Å². The van der Waals surface area contributed by atoms with Gasteiger partial charge in [-0.15, -0.1) is 0 Å². The van der Waals surface area contributed by atoms with E-state index in [4.69, 9.17) is 9.47 Å². The van der Waals surface area contributed by atoms with Gasteiger partial charge in [0.1, 0.15) is 17.3 Å². The summed E-state index contributed by atoms with van der Waals surface area (Å²) in [6.45, 7) is 5.65. The first-order valence-electron chi connectivity index (χ1n) is 5.63. The second-order valence-corrected chi connectivity index (χ2v) is 4.80. The van der Waals surface area contributed by atoms with Gasteiger partial charge in [-0.1, -0.05) is 19.9 Å². The number of hydrogen-bond donors (Lipinski definition) is 0. The molecule has 0 aliphatic rings. The molecule has 1 rings (SSSR count). The van der Waals surface area contributed by atoms with Crippen LogP contribution >= 0.6 is 0 Å². The quantitative estimate of drug-likeness (QED) is 0.788. The Kier molecular flexibility index (Phi) is 4.16. The van der Waals surface area contributed by atoms with Crippen molar-refractivity contribution in [1.29, 1.82) is 0 Å². The Hall–Kier alpha value is -1.51. The van der Waals surface area contributed by atoms with E-state index in [1.807, 2.05) is 32.0 Å². The highest BCUT2D eigenvalue weighted by atomic mass is 16.5. The molecule has 0 spiro atoms. The summed E-state index contributed by atoms with van der Waals surface area (Å²) in [6.07, 6.45) is 0.462. The lowest BCUT2D eigenvalue weighted by Gasteiger charge is -2.27. The standard InChI is InChI=1S/C14H20O3/c1-10(15)9-14(2,3)13-11(16-4)7-6-8-12(13)17-5/h6-8H,9H2,1-5H3. The summed E-state index contributed by atoms with van der Waals surface area (Å²) >= 11 is 0. The van der Waals surface area contributed by atoms with E-state index < -0.39 is 0 Å². The number of ketones is 1. The molecule has 1 aromatic rings. The minimum atomic E-state index is -0.302. The van der Waals surface area contributed by atoms with Gasteiger partial charge < -0.3 is 9.47 Å². The minimum absolute atomic E-state index is 0.156. The third-order valence-electron chi connectivity index (χ3n) is 2.80. The van der Waals surface area contributed by atoms with E-state index in [0.29, 0.717) is 6.42 Å². The number of methoxy groups -OCH3 is 2. The fourth-order valence-electron chi connectivity index (χ4n) is 2.23. The van der Waals surface area contributed by atoms with Gasteiger partial charge in [-0.2, -0.15) is 0 Å². The molecule has 0 heterocycles. The number of rotatable bonds is 5. The lowest BCUT2D eigenvalue weighted by molar-refractivity contribution is -0.118. The molecule has 0 atom stereocenters. The maximum absolute atomic E-state index is 11.4. The zero-order valence-electron chi connectivity index (χ0n) is 11.2. The lowest BCUT2D eigenvalue weighted by Crippen LogP contribution is -2.22. The summed E-state index contributed by atoms with van der Waals surface area (Å²) in [5, 5.41) is 0. The number of ether oxygens (including phenoxy) is 2. The first-order chi connectivity index (χ1) is 7.92. The van der Waals surface area contributed by atoms with Gasteiger partial charge in [0.2, 0.25) is 0 Å². The number of hydrogen-bond acceptors (Lipinski definition) is 3. The van der Waals surface area contributed by atoms with Crippen molar-refractivity contribution >= 4 is 5.78 Å². The summed E-state index contributed by atoms with van der Waals surface area (Å²) in [6, 6.07) is 5.66. The Labute approximate surface area is 103 Å². The van der Waals surface area contributed by atoms with Crippen LogP contribution in [0.4, 0.5) is 0 Å². The smallest absolute Gasteiger partial charge is 0.130 e. The van der Waals surface area contributed by atoms with Crippen molar-refractivity contribution in [2.24, 2.45) is 0 Å². The molecule has 0 unspecified atom stereocenters. The van der Waals surface area contributed by atoms with Crippen molar-refractivity contribution in [1.82, 2.24) is 0 Å². The van der Waals surface area contributed by atoms with Crippen LogP contribution in [0.1, 0.15) is 32.8 Å². The number of carbonyl (C=O) groups excluding carboxylic acids is 1. The monoisotopic (exact) mass is 236 g/mol. The molecule has 0 saturated heterocycles. The number of Topliss-reactive ketones (excluding diaryl/α,β-unsaturated/α-hetero) is 1. The first kappa shape index (κ1) is 13.6. The molecule has 0 aliphatic carbocycles. The Bertz CT molecular complexity index is 386. The molecular formula is C14H20O3. The highest BCUT2D eigenvalue weighted by Crippen LogP contribution is 2.40. The second-order valence-electron chi connectivity index (χ2n) is 4.80. The van der Waals surface area contributed by atoms with Crippen LogP contribution in [0.2, 0.25) is 0 Å². The topological polar surface area (TPSA) is 35.5 Å². The molecule has 0 bridgehead atoms. The summed E-state index contributed by atoms with van der Waals surface area (Å²) in [4.78, 5) is 11.4. The largest absolute Gasteiger partial charge is 0.496 e. The van der Waals surface area contributed by atoms with E-state index >= 15 is 0 Å². The van der Waals surface area contributed by atoms with Crippen LogP contribution in [-0.2, 0) is 10.2 Å². The van der Waals surface area contributed by atoms with Crippen LogP contribution in [0.3, 0.4) is 0 Å². The molecule has 0 aromatic heterocycles. The predicted octanol–water partition coefficient (Wildman–Crippen LogP) is 2.96. The SMILES string of the molecule is COc1cccc(OC)c1C(C)(C)CC(C)=O. The normalized spacial score (nSPS) is 11.1. The second kappa shape index (κ2) is 5.21. The average Bonchev–Trinajstić information content (AvgIpc) is 2.26. The van der Waals surface area contributed by atoms with Gasteiger partial charge in [0.25, 0.3) is 0 Å². The lowest BCUT2D eigenvalue weighted by atomic mass is 9.79. The van der Waals surface area contributed by atoms with E-state index in [-0.39, 0.29) is 11.2 Å². The van der Waals surface area contributed by atoms with Gasteiger partial charge in [0.05, 0.1) is 14.2 Å². The Morgan fingerprint density at radius 3 is 2.00 bits per heavy atom. The Morgan fingerprint density at radius 2 is 1.65 bits per heavy atom. The molecule has 94 valence electrons. The average molecular weight is 236 g/mol. The van der Waals surface area contributed by atoms with Gasteiger partial charge >= 0.3 is 0 Å².